The second-order valence-corrected chi connectivity index (χ2v) is 3.59. The Morgan fingerprint density at radius 3 is 2.28 bits per heavy atom. The Hall–Kier alpha value is -1.43. The topological polar surface area (TPSA) is 78.9 Å². The largest absolute Gasteiger partial charge is 0.466 e. The van der Waals surface area contributed by atoms with Gasteiger partial charge in [0.15, 0.2) is 0 Å². The van der Waals surface area contributed by atoms with E-state index in [0.29, 0.717) is 6.29 Å². The van der Waals surface area contributed by atoms with Gasteiger partial charge in [-0.15, -0.1) is 0 Å². The summed E-state index contributed by atoms with van der Waals surface area (Å²) >= 11 is 0. The first kappa shape index (κ1) is 16.6. The van der Waals surface area contributed by atoms with Gasteiger partial charge in [0.05, 0.1) is 31.7 Å². The number of carbonyl (C=O) groups is 3. The molecule has 0 N–H and O–H groups in total. The maximum absolute atomic E-state index is 11.5. The highest BCUT2D eigenvalue weighted by Crippen LogP contribution is 2.14. The van der Waals surface area contributed by atoms with Gasteiger partial charge in [0.25, 0.3) is 0 Å². The molecule has 0 spiro atoms. The Kier molecular flexibility index (Phi) is 8.82. The molecule has 104 valence electrons. The summed E-state index contributed by atoms with van der Waals surface area (Å²) in [7, 11) is 0. The monoisotopic (exact) mass is 260 g/mol. The summed E-state index contributed by atoms with van der Waals surface area (Å²) in [6.07, 6.45) is -0.231. The van der Waals surface area contributed by atoms with Gasteiger partial charge in [0.2, 0.25) is 0 Å². The van der Waals surface area contributed by atoms with Crippen LogP contribution in [-0.2, 0) is 28.6 Å². The molecule has 0 aliphatic rings. The van der Waals surface area contributed by atoms with Crippen LogP contribution in [0.2, 0.25) is 0 Å². The SMILES string of the molecule is CCOC(=O)CC(OCC=O)C(C)C(=O)OCC. The molecule has 0 rings (SSSR count). The smallest absolute Gasteiger partial charge is 0.311 e. The number of aldehydes is 1. The summed E-state index contributed by atoms with van der Waals surface area (Å²) < 4.78 is 14.8. The van der Waals surface area contributed by atoms with Crippen molar-refractivity contribution in [3.05, 3.63) is 0 Å². The minimum Gasteiger partial charge on any atom is -0.466 e. The molecule has 0 aromatic heterocycles. The van der Waals surface area contributed by atoms with E-state index in [9.17, 15) is 14.4 Å². The number of esters is 2. The Bertz CT molecular complexity index is 276. The molecule has 0 saturated carbocycles. The van der Waals surface area contributed by atoms with Gasteiger partial charge in [-0.3, -0.25) is 9.59 Å². The molecular weight excluding hydrogens is 240 g/mol. The molecule has 2 atom stereocenters. The van der Waals surface area contributed by atoms with Gasteiger partial charge in [-0.05, 0) is 20.8 Å². The zero-order valence-corrected chi connectivity index (χ0v) is 11.0. The van der Waals surface area contributed by atoms with Gasteiger partial charge in [-0.1, -0.05) is 0 Å². The lowest BCUT2D eigenvalue weighted by Crippen LogP contribution is -2.33. The van der Waals surface area contributed by atoms with Gasteiger partial charge in [0, 0.05) is 0 Å². The lowest BCUT2D eigenvalue weighted by Gasteiger charge is -2.21. The summed E-state index contributed by atoms with van der Waals surface area (Å²) in [6, 6.07) is 0. The van der Waals surface area contributed by atoms with Crippen molar-refractivity contribution in [2.24, 2.45) is 5.92 Å². The molecule has 0 fully saturated rings. The average molecular weight is 260 g/mol. The minimum absolute atomic E-state index is 0.0817. The van der Waals surface area contributed by atoms with Crippen molar-refractivity contribution in [1.29, 1.82) is 0 Å². The minimum atomic E-state index is -0.715. The van der Waals surface area contributed by atoms with Gasteiger partial charge in [-0.2, -0.15) is 0 Å². The predicted octanol–water partition coefficient (Wildman–Crippen LogP) is 0.723. The van der Waals surface area contributed by atoms with Crippen LogP contribution in [0.1, 0.15) is 27.2 Å². The van der Waals surface area contributed by atoms with Crippen molar-refractivity contribution in [3.63, 3.8) is 0 Å². The van der Waals surface area contributed by atoms with Gasteiger partial charge in [-0.25, -0.2) is 0 Å². The Balaban J connectivity index is 4.49. The fourth-order valence-corrected chi connectivity index (χ4v) is 1.35. The molecule has 18 heavy (non-hydrogen) atoms. The van der Waals surface area contributed by atoms with Crippen LogP contribution in [0.4, 0.5) is 0 Å². The van der Waals surface area contributed by atoms with Crippen LogP contribution in [-0.4, -0.2) is 44.1 Å². The number of ether oxygens (including phenoxy) is 3. The van der Waals surface area contributed by atoms with Gasteiger partial charge in [0.1, 0.15) is 12.9 Å². The van der Waals surface area contributed by atoms with Crippen molar-refractivity contribution in [2.75, 3.05) is 19.8 Å². The molecule has 6 nitrogen and oxygen atoms in total. The fraction of sp³-hybridized carbons (Fsp3) is 0.750. The predicted molar refractivity (Wildman–Crippen MR) is 62.9 cm³/mol. The molecule has 0 amide bonds. The van der Waals surface area contributed by atoms with Crippen molar-refractivity contribution in [3.8, 4) is 0 Å². The third kappa shape index (κ3) is 6.34. The normalized spacial score (nSPS) is 13.5. The Morgan fingerprint density at radius 1 is 1.17 bits per heavy atom. The number of hydrogen-bond donors (Lipinski definition) is 0. The summed E-state index contributed by atoms with van der Waals surface area (Å²) in [4.78, 5) is 33.2. The standard InChI is InChI=1S/C12H20O6/c1-4-16-11(14)8-10(18-7-6-13)9(3)12(15)17-5-2/h6,9-10H,4-5,7-8H2,1-3H3. The Morgan fingerprint density at radius 2 is 1.78 bits per heavy atom. The number of carbonyl (C=O) groups excluding carboxylic acids is 3. The first-order chi connectivity index (χ1) is 8.56. The van der Waals surface area contributed by atoms with Crippen molar-refractivity contribution in [2.45, 2.75) is 33.3 Å². The van der Waals surface area contributed by atoms with E-state index in [4.69, 9.17) is 14.2 Å². The highest BCUT2D eigenvalue weighted by atomic mass is 16.5. The Labute approximate surface area is 107 Å². The van der Waals surface area contributed by atoms with Crippen molar-refractivity contribution >= 4 is 18.2 Å². The molecule has 6 heteroatoms. The van der Waals surface area contributed by atoms with Crippen LogP contribution in [0, 0.1) is 5.92 Å². The first-order valence-corrected chi connectivity index (χ1v) is 5.94. The lowest BCUT2D eigenvalue weighted by atomic mass is 10.0. The van der Waals surface area contributed by atoms with Crippen molar-refractivity contribution < 1.29 is 28.6 Å². The van der Waals surface area contributed by atoms with E-state index in [2.05, 4.69) is 0 Å². The average Bonchev–Trinajstić information content (AvgIpc) is 2.34. The second kappa shape index (κ2) is 9.58. The molecule has 0 bridgehead atoms. The molecular formula is C12H20O6. The molecule has 2 unspecified atom stereocenters. The number of hydrogen-bond acceptors (Lipinski definition) is 6. The van der Waals surface area contributed by atoms with Gasteiger partial charge < -0.3 is 19.0 Å². The highest BCUT2D eigenvalue weighted by molar-refractivity contribution is 5.75. The molecule has 0 aliphatic carbocycles. The second-order valence-electron chi connectivity index (χ2n) is 3.59. The van der Waals surface area contributed by atoms with Crippen molar-refractivity contribution in [1.82, 2.24) is 0 Å². The molecule has 0 radical (unpaired) electrons. The van der Waals surface area contributed by atoms with Crippen LogP contribution in [0.3, 0.4) is 0 Å². The van der Waals surface area contributed by atoms with Crippen LogP contribution in [0.15, 0.2) is 0 Å². The van der Waals surface area contributed by atoms with Crippen LogP contribution in [0.25, 0.3) is 0 Å². The molecule has 0 aliphatic heterocycles. The third-order valence-corrected chi connectivity index (χ3v) is 2.27. The molecule has 0 heterocycles. The van der Waals surface area contributed by atoms with E-state index in [0.717, 1.165) is 0 Å². The number of rotatable bonds is 9. The van der Waals surface area contributed by atoms with E-state index in [1.807, 2.05) is 0 Å². The summed E-state index contributed by atoms with van der Waals surface area (Å²) in [5.74, 6) is -1.56. The van der Waals surface area contributed by atoms with E-state index in [1.54, 1.807) is 20.8 Å². The van der Waals surface area contributed by atoms with E-state index in [-0.39, 0.29) is 26.2 Å². The van der Waals surface area contributed by atoms with Gasteiger partial charge >= 0.3 is 11.9 Å². The summed E-state index contributed by atoms with van der Waals surface area (Å²) in [5, 5.41) is 0. The molecule has 0 saturated heterocycles. The lowest BCUT2D eigenvalue weighted by molar-refractivity contribution is -0.157. The first-order valence-electron chi connectivity index (χ1n) is 5.94. The zero-order valence-electron chi connectivity index (χ0n) is 11.0. The highest BCUT2D eigenvalue weighted by Gasteiger charge is 2.28. The molecule has 0 aromatic carbocycles. The quantitative estimate of drug-likeness (QED) is 0.449. The van der Waals surface area contributed by atoms with E-state index >= 15 is 0 Å². The molecule has 0 aromatic rings. The zero-order chi connectivity index (χ0) is 14.0. The van der Waals surface area contributed by atoms with Crippen LogP contribution in [0.5, 0.6) is 0 Å². The van der Waals surface area contributed by atoms with Crippen LogP contribution >= 0.6 is 0 Å². The maximum atomic E-state index is 11.5. The third-order valence-electron chi connectivity index (χ3n) is 2.27. The maximum Gasteiger partial charge on any atom is 0.311 e. The fourth-order valence-electron chi connectivity index (χ4n) is 1.35. The van der Waals surface area contributed by atoms with Crippen LogP contribution < -0.4 is 0 Å². The van der Waals surface area contributed by atoms with E-state index in [1.165, 1.54) is 0 Å². The van der Waals surface area contributed by atoms with E-state index < -0.39 is 24.0 Å². The summed E-state index contributed by atoms with van der Waals surface area (Å²) in [6.45, 7) is 5.31. The summed E-state index contributed by atoms with van der Waals surface area (Å²) in [5.41, 5.74) is 0.